The molecule has 1 fully saturated rings. The van der Waals surface area contributed by atoms with Crippen molar-refractivity contribution in [1.29, 1.82) is 0 Å². The zero-order chi connectivity index (χ0) is 17.6. The van der Waals surface area contributed by atoms with Gasteiger partial charge < -0.3 is 10.2 Å². The highest BCUT2D eigenvalue weighted by atomic mass is 16.2. The number of amides is 2. The van der Waals surface area contributed by atoms with Crippen molar-refractivity contribution in [2.45, 2.75) is 32.6 Å². The summed E-state index contributed by atoms with van der Waals surface area (Å²) in [4.78, 5) is 27.4. The number of para-hydroxylation sites is 1. The minimum absolute atomic E-state index is 0.00239. The molecule has 2 aromatic rings. The lowest BCUT2D eigenvalue weighted by atomic mass is 10.1. The number of benzene rings is 2. The summed E-state index contributed by atoms with van der Waals surface area (Å²) >= 11 is 0. The van der Waals surface area contributed by atoms with Crippen molar-refractivity contribution in [3.05, 3.63) is 65.2 Å². The van der Waals surface area contributed by atoms with E-state index in [9.17, 15) is 9.59 Å². The Balaban J connectivity index is 1.82. The average molecular weight is 336 g/mol. The number of nitrogens with zero attached hydrogens (tertiary/aromatic N) is 1. The van der Waals surface area contributed by atoms with E-state index in [-0.39, 0.29) is 11.8 Å². The third kappa shape index (κ3) is 4.08. The Labute approximate surface area is 148 Å². The lowest BCUT2D eigenvalue weighted by Crippen LogP contribution is -2.32. The van der Waals surface area contributed by atoms with Gasteiger partial charge in [0.05, 0.1) is 11.3 Å². The highest BCUT2D eigenvalue weighted by Crippen LogP contribution is 2.21. The maximum Gasteiger partial charge on any atom is 0.255 e. The summed E-state index contributed by atoms with van der Waals surface area (Å²) in [6, 6.07) is 14.7. The van der Waals surface area contributed by atoms with Gasteiger partial charge in [-0.1, -0.05) is 43.2 Å². The molecule has 1 heterocycles. The Hall–Kier alpha value is -2.62. The summed E-state index contributed by atoms with van der Waals surface area (Å²) in [7, 11) is 0. The molecule has 1 saturated heterocycles. The van der Waals surface area contributed by atoms with Crippen LogP contribution in [0, 0.1) is 6.92 Å². The monoisotopic (exact) mass is 336 g/mol. The molecule has 1 aliphatic rings. The minimum Gasteiger partial charge on any atom is -0.339 e. The van der Waals surface area contributed by atoms with Crippen molar-refractivity contribution < 1.29 is 9.59 Å². The van der Waals surface area contributed by atoms with Gasteiger partial charge in [-0.05, 0) is 43.5 Å². The molecule has 0 aliphatic carbocycles. The Morgan fingerprint density at radius 3 is 2.12 bits per heavy atom. The third-order valence-corrected chi connectivity index (χ3v) is 4.69. The Morgan fingerprint density at radius 1 is 0.840 bits per heavy atom. The van der Waals surface area contributed by atoms with Crippen LogP contribution in [0.15, 0.2) is 48.5 Å². The van der Waals surface area contributed by atoms with E-state index in [2.05, 4.69) is 5.32 Å². The topological polar surface area (TPSA) is 49.4 Å². The maximum absolute atomic E-state index is 12.9. The molecule has 25 heavy (non-hydrogen) atoms. The van der Waals surface area contributed by atoms with Crippen LogP contribution in [0.5, 0.6) is 0 Å². The van der Waals surface area contributed by atoms with Gasteiger partial charge in [0.15, 0.2) is 0 Å². The van der Waals surface area contributed by atoms with Crippen LogP contribution in [0.4, 0.5) is 5.69 Å². The largest absolute Gasteiger partial charge is 0.339 e. The SMILES string of the molecule is Cc1ccccc1C(=O)Nc1ccccc1C(=O)N1CCCCCC1. The fraction of sp³-hybridized carbons (Fsp3) is 0.333. The lowest BCUT2D eigenvalue weighted by molar-refractivity contribution is 0.0762. The fourth-order valence-electron chi connectivity index (χ4n) is 3.24. The lowest BCUT2D eigenvalue weighted by Gasteiger charge is -2.22. The highest BCUT2D eigenvalue weighted by Gasteiger charge is 2.21. The molecule has 0 bridgehead atoms. The first kappa shape index (κ1) is 17.2. The van der Waals surface area contributed by atoms with E-state index in [1.54, 1.807) is 18.2 Å². The first-order chi connectivity index (χ1) is 12.2. The van der Waals surface area contributed by atoms with Crippen molar-refractivity contribution in [2.24, 2.45) is 0 Å². The van der Waals surface area contributed by atoms with Gasteiger partial charge >= 0.3 is 0 Å². The molecule has 0 saturated carbocycles. The third-order valence-electron chi connectivity index (χ3n) is 4.69. The molecule has 0 unspecified atom stereocenters. The number of carbonyl (C=O) groups excluding carboxylic acids is 2. The predicted octanol–water partition coefficient (Wildman–Crippen LogP) is 4.26. The molecule has 2 amide bonds. The zero-order valence-electron chi connectivity index (χ0n) is 14.6. The molecule has 130 valence electrons. The number of hydrogen-bond acceptors (Lipinski definition) is 2. The average Bonchev–Trinajstić information content (AvgIpc) is 2.91. The highest BCUT2D eigenvalue weighted by molar-refractivity contribution is 6.09. The van der Waals surface area contributed by atoms with Gasteiger partial charge in [0.2, 0.25) is 0 Å². The second kappa shape index (κ2) is 7.97. The Bertz CT molecular complexity index is 762. The summed E-state index contributed by atoms with van der Waals surface area (Å²) in [6.07, 6.45) is 4.44. The van der Waals surface area contributed by atoms with E-state index < -0.39 is 0 Å². The molecule has 4 nitrogen and oxygen atoms in total. The van der Waals surface area contributed by atoms with Gasteiger partial charge in [0, 0.05) is 18.7 Å². The van der Waals surface area contributed by atoms with Crippen molar-refractivity contribution in [3.8, 4) is 0 Å². The van der Waals surface area contributed by atoms with E-state index in [1.807, 2.05) is 42.2 Å². The number of carbonyl (C=O) groups is 2. The first-order valence-electron chi connectivity index (χ1n) is 8.92. The predicted molar refractivity (Wildman–Crippen MR) is 99.9 cm³/mol. The van der Waals surface area contributed by atoms with Gasteiger partial charge in [-0.15, -0.1) is 0 Å². The van der Waals surface area contributed by atoms with Gasteiger partial charge in [-0.2, -0.15) is 0 Å². The van der Waals surface area contributed by atoms with Crippen LogP contribution in [0.25, 0.3) is 0 Å². The second-order valence-corrected chi connectivity index (χ2v) is 6.52. The van der Waals surface area contributed by atoms with E-state index in [0.717, 1.165) is 31.5 Å². The van der Waals surface area contributed by atoms with Crippen LogP contribution in [-0.2, 0) is 0 Å². The number of rotatable bonds is 3. The van der Waals surface area contributed by atoms with E-state index in [4.69, 9.17) is 0 Å². The van der Waals surface area contributed by atoms with Crippen LogP contribution in [0.3, 0.4) is 0 Å². The van der Waals surface area contributed by atoms with Crippen LogP contribution in [-0.4, -0.2) is 29.8 Å². The van der Waals surface area contributed by atoms with Crippen molar-refractivity contribution in [3.63, 3.8) is 0 Å². The second-order valence-electron chi connectivity index (χ2n) is 6.52. The summed E-state index contributed by atoms with van der Waals surface area (Å²) in [5.74, 6) is -0.184. The standard InChI is InChI=1S/C21H24N2O2/c1-16-10-4-5-11-17(16)20(24)22-19-13-7-6-12-18(19)21(25)23-14-8-2-3-9-15-23/h4-7,10-13H,2-3,8-9,14-15H2,1H3,(H,22,24). The zero-order valence-corrected chi connectivity index (χ0v) is 14.6. The maximum atomic E-state index is 12.9. The fourth-order valence-corrected chi connectivity index (χ4v) is 3.24. The quantitative estimate of drug-likeness (QED) is 0.910. The van der Waals surface area contributed by atoms with Crippen LogP contribution < -0.4 is 5.32 Å². The Kier molecular flexibility index (Phi) is 5.49. The Morgan fingerprint density at radius 2 is 1.44 bits per heavy atom. The number of hydrogen-bond donors (Lipinski definition) is 1. The molecule has 0 spiro atoms. The summed E-state index contributed by atoms with van der Waals surface area (Å²) in [6.45, 7) is 3.49. The van der Waals surface area contributed by atoms with E-state index in [0.29, 0.717) is 16.8 Å². The van der Waals surface area contributed by atoms with E-state index in [1.165, 1.54) is 12.8 Å². The van der Waals surface area contributed by atoms with Gasteiger partial charge in [-0.25, -0.2) is 0 Å². The van der Waals surface area contributed by atoms with Gasteiger partial charge in [-0.3, -0.25) is 9.59 Å². The van der Waals surface area contributed by atoms with Crippen molar-refractivity contribution in [2.75, 3.05) is 18.4 Å². The summed E-state index contributed by atoms with van der Waals surface area (Å²) in [5, 5.41) is 2.92. The van der Waals surface area contributed by atoms with Crippen LogP contribution in [0.2, 0.25) is 0 Å². The number of nitrogens with one attached hydrogen (secondary N) is 1. The van der Waals surface area contributed by atoms with Gasteiger partial charge in [0.1, 0.15) is 0 Å². The molecule has 3 rings (SSSR count). The number of anilines is 1. The molecule has 1 aliphatic heterocycles. The number of likely N-dealkylation sites (tertiary alicyclic amines) is 1. The molecule has 1 N–H and O–H groups in total. The van der Waals surface area contributed by atoms with Crippen molar-refractivity contribution >= 4 is 17.5 Å². The van der Waals surface area contributed by atoms with Gasteiger partial charge in [0.25, 0.3) is 11.8 Å². The molecule has 4 heteroatoms. The molecule has 0 radical (unpaired) electrons. The smallest absolute Gasteiger partial charge is 0.255 e. The summed E-state index contributed by atoms with van der Waals surface area (Å²) < 4.78 is 0. The van der Waals surface area contributed by atoms with E-state index >= 15 is 0 Å². The normalized spacial score (nSPS) is 14.7. The van der Waals surface area contributed by atoms with Crippen molar-refractivity contribution in [1.82, 2.24) is 4.90 Å². The first-order valence-corrected chi connectivity index (χ1v) is 8.92. The molecular formula is C21H24N2O2. The summed E-state index contributed by atoms with van der Waals surface area (Å²) in [5.41, 5.74) is 2.67. The molecule has 0 aromatic heterocycles. The van der Waals surface area contributed by atoms with Crippen LogP contribution in [0.1, 0.15) is 52.0 Å². The van der Waals surface area contributed by atoms with Crippen LogP contribution >= 0.6 is 0 Å². The molecular weight excluding hydrogens is 312 g/mol. The minimum atomic E-state index is -0.186. The number of aryl methyl sites for hydroxylation is 1. The molecule has 2 aromatic carbocycles. The molecule has 0 atom stereocenters.